The minimum Gasteiger partial charge on any atom is -0.399 e. The molecule has 0 aliphatic carbocycles. The number of hydrogen-bond donors (Lipinski definition) is 3. The van der Waals surface area contributed by atoms with Crippen molar-refractivity contribution in [1.29, 1.82) is 0 Å². The third-order valence-corrected chi connectivity index (χ3v) is 3.64. The molecule has 1 atom stereocenters. The molecule has 1 rings (SSSR count). The van der Waals surface area contributed by atoms with Crippen molar-refractivity contribution in [3.8, 4) is 0 Å². The van der Waals surface area contributed by atoms with Crippen LogP contribution in [0.3, 0.4) is 0 Å². The molecule has 22 heavy (non-hydrogen) atoms. The summed E-state index contributed by atoms with van der Waals surface area (Å²) >= 11 is 0. The van der Waals surface area contributed by atoms with Crippen molar-refractivity contribution in [1.82, 2.24) is 5.32 Å². The number of amides is 1. The fourth-order valence-electron chi connectivity index (χ4n) is 2.15. The van der Waals surface area contributed by atoms with Gasteiger partial charge in [0.15, 0.2) is 0 Å². The van der Waals surface area contributed by atoms with Gasteiger partial charge in [-0.3, -0.25) is 9.59 Å². The van der Waals surface area contributed by atoms with Crippen LogP contribution in [-0.4, -0.2) is 24.3 Å². The van der Waals surface area contributed by atoms with Gasteiger partial charge in [-0.15, -0.1) is 0 Å². The summed E-state index contributed by atoms with van der Waals surface area (Å²) in [6.45, 7) is 2.15. The fraction of sp³-hybridized carbons (Fsp3) is 0.529. The Bertz CT molecular complexity index is 471. The van der Waals surface area contributed by atoms with Crippen molar-refractivity contribution in [3.05, 3.63) is 29.8 Å². The number of carbonyl (C=O) groups is 2. The van der Waals surface area contributed by atoms with Gasteiger partial charge in [0, 0.05) is 18.7 Å². The van der Waals surface area contributed by atoms with Crippen molar-refractivity contribution >= 4 is 17.4 Å². The topological polar surface area (TPSA) is 98.2 Å². The first-order chi connectivity index (χ1) is 10.5. The molecule has 1 amide bonds. The molecule has 0 spiro atoms. The van der Waals surface area contributed by atoms with Crippen molar-refractivity contribution in [2.45, 2.75) is 51.5 Å². The number of nitrogens with one attached hydrogen (secondary N) is 1. The second-order valence-corrected chi connectivity index (χ2v) is 5.66. The Morgan fingerprint density at radius 3 is 2.45 bits per heavy atom. The molecule has 122 valence electrons. The van der Waals surface area contributed by atoms with E-state index in [1.165, 1.54) is 12.5 Å². The normalized spacial score (nSPS) is 11.9. The van der Waals surface area contributed by atoms with E-state index in [9.17, 15) is 9.59 Å². The Hall–Kier alpha value is -1.88. The first kappa shape index (κ1) is 18.2. The van der Waals surface area contributed by atoms with Gasteiger partial charge >= 0.3 is 0 Å². The SMILES string of the molecule is CC(=O)C(N)CCCCNC(=O)CCCc1ccc(N)cc1. The van der Waals surface area contributed by atoms with Gasteiger partial charge in [-0.25, -0.2) is 0 Å². The lowest BCUT2D eigenvalue weighted by Crippen LogP contribution is -2.29. The Balaban J connectivity index is 2.04. The number of carbonyl (C=O) groups excluding carboxylic acids is 2. The highest BCUT2D eigenvalue weighted by Crippen LogP contribution is 2.08. The number of anilines is 1. The van der Waals surface area contributed by atoms with E-state index in [0.29, 0.717) is 19.4 Å². The summed E-state index contributed by atoms with van der Waals surface area (Å²) in [5, 5.41) is 2.90. The van der Waals surface area contributed by atoms with Crippen LogP contribution in [-0.2, 0) is 16.0 Å². The van der Waals surface area contributed by atoms with Crippen molar-refractivity contribution in [2.75, 3.05) is 12.3 Å². The summed E-state index contributed by atoms with van der Waals surface area (Å²) in [6, 6.07) is 7.37. The van der Waals surface area contributed by atoms with Gasteiger partial charge in [0.05, 0.1) is 6.04 Å². The molecule has 0 aromatic heterocycles. The van der Waals surface area contributed by atoms with Crippen LogP contribution in [0.1, 0.15) is 44.6 Å². The molecule has 0 bridgehead atoms. The van der Waals surface area contributed by atoms with Crippen LogP contribution in [0, 0.1) is 0 Å². The van der Waals surface area contributed by atoms with E-state index in [1.54, 1.807) is 0 Å². The summed E-state index contributed by atoms with van der Waals surface area (Å²) in [5.74, 6) is 0.0954. The molecule has 0 fully saturated rings. The first-order valence-electron chi connectivity index (χ1n) is 7.86. The average molecular weight is 305 g/mol. The summed E-state index contributed by atoms with van der Waals surface area (Å²) in [6.07, 6.45) is 4.61. The molecule has 1 unspecified atom stereocenters. The standard InChI is InChI=1S/C17H27N3O2/c1-13(21)16(19)6-2-3-12-20-17(22)7-4-5-14-8-10-15(18)11-9-14/h8-11,16H,2-7,12,18-19H2,1H3,(H,20,22). The predicted octanol–water partition coefficient (Wildman–Crippen LogP) is 1.79. The lowest BCUT2D eigenvalue weighted by molar-refractivity contribution is -0.121. The number of nitrogen functional groups attached to an aromatic ring is 1. The summed E-state index contributed by atoms with van der Waals surface area (Å²) < 4.78 is 0. The number of hydrogen-bond acceptors (Lipinski definition) is 4. The minimum atomic E-state index is -0.365. The van der Waals surface area contributed by atoms with Gasteiger partial charge < -0.3 is 16.8 Å². The van der Waals surface area contributed by atoms with E-state index >= 15 is 0 Å². The molecule has 0 heterocycles. The molecular weight excluding hydrogens is 278 g/mol. The highest BCUT2D eigenvalue weighted by Gasteiger charge is 2.07. The smallest absolute Gasteiger partial charge is 0.220 e. The molecule has 1 aromatic carbocycles. The largest absolute Gasteiger partial charge is 0.399 e. The molecule has 5 nitrogen and oxygen atoms in total. The zero-order valence-corrected chi connectivity index (χ0v) is 13.3. The molecule has 5 N–H and O–H groups in total. The van der Waals surface area contributed by atoms with E-state index in [1.807, 2.05) is 24.3 Å². The number of aryl methyl sites for hydroxylation is 1. The van der Waals surface area contributed by atoms with E-state index in [0.717, 1.165) is 31.4 Å². The van der Waals surface area contributed by atoms with Gasteiger partial charge in [-0.1, -0.05) is 12.1 Å². The molecular formula is C17H27N3O2. The molecule has 0 saturated heterocycles. The highest BCUT2D eigenvalue weighted by atomic mass is 16.1. The Morgan fingerprint density at radius 2 is 1.82 bits per heavy atom. The molecule has 0 radical (unpaired) electrons. The maximum absolute atomic E-state index is 11.7. The number of benzene rings is 1. The van der Waals surface area contributed by atoms with Crippen molar-refractivity contribution < 1.29 is 9.59 Å². The fourth-order valence-corrected chi connectivity index (χ4v) is 2.15. The molecule has 0 saturated carbocycles. The zero-order valence-electron chi connectivity index (χ0n) is 13.3. The maximum atomic E-state index is 11.7. The maximum Gasteiger partial charge on any atom is 0.220 e. The third-order valence-electron chi connectivity index (χ3n) is 3.64. The van der Waals surface area contributed by atoms with Gasteiger partial charge in [0.2, 0.25) is 5.91 Å². The second kappa shape index (κ2) is 9.95. The van der Waals surface area contributed by atoms with Gasteiger partial charge in [0.1, 0.15) is 5.78 Å². The lowest BCUT2D eigenvalue weighted by atomic mass is 10.1. The van der Waals surface area contributed by atoms with Crippen LogP contribution < -0.4 is 16.8 Å². The Labute approximate surface area is 132 Å². The zero-order chi connectivity index (χ0) is 16.4. The number of unbranched alkanes of at least 4 members (excludes halogenated alkanes) is 1. The van der Waals surface area contributed by atoms with Crippen LogP contribution in [0.25, 0.3) is 0 Å². The summed E-state index contributed by atoms with van der Waals surface area (Å²) in [5.41, 5.74) is 13.2. The van der Waals surface area contributed by atoms with Crippen LogP contribution in [0.2, 0.25) is 0 Å². The molecule has 1 aromatic rings. The van der Waals surface area contributed by atoms with Gasteiger partial charge in [-0.05, 0) is 56.7 Å². The van der Waals surface area contributed by atoms with Crippen molar-refractivity contribution in [3.63, 3.8) is 0 Å². The third kappa shape index (κ3) is 7.78. The average Bonchev–Trinajstić information content (AvgIpc) is 2.48. The van der Waals surface area contributed by atoms with E-state index in [4.69, 9.17) is 11.5 Å². The quantitative estimate of drug-likeness (QED) is 0.453. The number of nitrogens with two attached hydrogens (primary N) is 2. The number of rotatable bonds is 10. The van der Waals surface area contributed by atoms with Crippen LogP contribution in [0.15, 0.2) is 24.3 Å². The highest BCUT2D eigenvalue weighted by molar-refractivity contribution is 5.81. The van der Waals surface area contributed by atoms with Gasteiger partial charge in [-0.2, -0.15) is 0 Å². The predicted molar refractivity (Wildman–Crippen MR) is 89.3 cm³/mol. The van der Waals surface area contributed by atoms with E-state index < -0.39 is 0 Å². The minimum absolute atomic E-state index is 0.0201. The molecule has 0 aliphatic heterocycles. The number of ketones is 1. The Morgan fingerprint density at radius 1 is 1.14 bits per heavy atom. The summed E-state index contributed by atoms with van der Waals surface area (Å²) in [4.78, 5) is 22.7. The lowest BCUT2D eigenvalue weighted by Gasteiger charge is -2.08. The first-order valence-corrected chi connectivity index (χ1v) is 7.86. The van der Waals surface area contributed by atoms with E-state index in [-0.39, 0.29) is 17.7 Å². The van der Waals surface area contributed by atoms with Gasteiger partial charge in [0.25, 0.3) is 0 Å². The van der Waals surface area contributed by atoms with Crippen LogP contribution >= 0.6 is 0 Å². The summed E-state index contributed by atoms with van der Waals surface area (Å²) in [7, 11) is 0. The van der Waals surface area contributed by atoms with Crippen molar-refractivity contribution in [2.24, 2.45) is 5.73 Å². The van der Waals surface area contributed by atoms with Crippen LogP contribution in [0.5, 0.6) is 0 Å². The Kier molecular flexibility index (Phi) is 8.22. The number of Topliss-reactive ketones (excluding diaryl/α,β-unsaturated/α-hetero) is 1. The second-order valence-electron chi connectivity index (χ2n) is 5.66. The van der Waals surface area contributed by atoms with Crippen LogP contribution in [0.4, 0.5) is 5.69 Å². The van der Waals surface area contributed by atoms with E-state index in [2.05, 4.69) is 5.32 Å². The molecule has 0 aliphatic rings. The molecule has 5 heteroatoms. The monoisotopic (exact) mass is 305 g/mol.